The summed E-state index contributed by atoms with van der Waals surface area (Å²) >= 11 is 7.90. The standard InChI is InChI=1S/C37H41ClF2N8O5S/c1-35(2,3)19-37(24-10-7-21(8-11-24)23-16-42-47(17-23)31(39)40)30(49)48(32(45-37)44-34(51)53-36(4,5)6)28(18-52-33(50)43-25-12-13-25)22-9-14-27(38)26(15-22)29-46-41-20-54-29/h7-11,14-17,20,25,28,31H,12-13,18-19H2,1-6H3,(H,43,50)(H,44,45,51)/t28-,37-/m1/s1. The van der Waals surface area contributed by atoms with E-state index in [9.17, 15) is 18.4 Å². The Morgan fingerprint density at radius 1 is 1.11 bits per heavy atom. The van der Waals surface area contributed by atoms with Crippen molar-refractivity contribution in [2.24, 2.45) is 10.4 Å². The number of nitrogens with one attached hydrogen (secondary N) is 2. The Labute approximate surface area is 320 Å². The first kappa shape index (κ1) is 38.8. The Morgan fingerprint density at radius 2 is 1.83 bits per heavy atom. The minimum absolute atomic E-state index is 0.0157. The molecule has 3 heterocycles. The van der Waals surface area contributed by atoms with Crippen LogP contribution in [0.15, 0.2) is 65.4 Å². The van der Waals surface area contributed by atoms with Gasteiger partial charge in [-0.25, -0.2) is 14.3 Å². The van der Waals surface area contributed by atoms with Gasteiger partial charge in [0.25, 0.3) is 5.91 Å². The van der Waals surface area contributed by atoms with Gasteiger partial charge in [-0.05, 0) is 74.3 Å². The van der Waals surface area contributed by atoms with Crippen molar-refractivity contribution in [3.05, 3.63) is 76.5 Å². The minimum Gasteiger partial charge on any atom is -0.447 e. The van der Waals surface area contributed by atoms with Crippen molar-refractivity contribution in [2.45, 2.75) is 90.6 Å². The van der Waals surface area contributed by atoms with Crippen LogP contribution in [0, 0.1) is 5.41 Å². The molecule has 2 aromatic heterocycles. The summed E-state index contributed by atoms with van der Waals surface area (Å²) in [6.07, 6.45) is 2.87. The Morgan fingerprint density at radius 3 is 2.43 bits per heavy atom. The monoisotopic (exact) mass is 782 g/mol. The summed E-state index contributed by atoms with van der Waals surface area (Å²) in [5.74, 6) is -0.606. The van der Waals surface area contributed by atoms with Crippen LogP contribution in [0.5, 0.6) is 0 Å². The molecule has 2 N–H and O–H groups in total. The molecule has 4 aromatic rings. The Hall–Kier alpha value is -4.96. The van der Waals surface area contributed by atoms with Gasteiger partial charge in [0.1, 0.15) is 28.3 Å². The van der Waals surface area contributed by atoms with Crippen molar-refractivity contribution < 1.29 is 32.6 Å². The van der Waals surface area contributed by atoms with E-state index in [0.29, 0.717) is 42.5 Å². The molecule has 0 spiro atoms. The number of rotatable bonds is 10. The summed E-state index contributed by atoms with van der Waals surface area (Å²) in [4.78, 5) is 47.3. The van der Waals surface area contributed by atoms with E-state index in [1.54, 1.807) is 68.7 Å². The molecule has 2 aromatic carbocycles. The lowest BCUT2D eigenvalue weighted by atomic mass is 9.75. The van der Waals surface area contributed by atoms with E-state index in [4.69, 9.17) is 21.1 Å². The number of hydrogen-bond acceptors (Lipinski definition) is 9. The van der Waals surface area contributed by atoms with Crippen LogP contribution in [0.1, 0.15) is 84.5 Å². The van der Waals surface area contributed by atoms with Gasteiger partial charge in [0.15, 0.2) is 0 Å². The van der Waals surface area contributed by atoms with E-state index in [1.165, 1.54) is 28.6 Å². The normalized spacial score (nSPS) is 18.9. The van der Waals surface area contributed by atoms with E-state index in [1.807, 2.05) is 20.8 Å². The third-order valence-electron chi connectivity index (χ3n) is 8.58. The zero-order valence-electron chi connectivity index (χ0n) is 30.6. The Bertz CT molecular complexity index is 2040. The maximum Gasteiger partial charge on any atom is 0.437 e. The number of hydrogen-bond donors (Lipinski definition) is 2. The molecule has 1 aliphatic carbocycles. The van der Waals surface area contributed by atoms with E-state index >= 15 is 4.79 Å². The Balaban J connectivity index is 1.49. The molecule has 0 unspecified atom stereocenters. The number of aromatic nitrogens is 4. The molecule has 2 aliphatic rings. The maximum atomic E-state index is 15.4. The highest BCUT2D eigenvalue weighted by atomic mass is 35.5. The fraction of sp³-hybridized carbons (Fsp3) is 0.432. The molecule has 1 saturated carbocycles. The molecular weight excluding hydrogens is 742 g/mol. The average molecular weight is 783 g/mol. The first-order valence-electron chi connectivity index (χ1n) is 17.3. The number of ether oxygens (including phenoxy) is 2. The smallest absolute Gasteiger partial charge is 0.437 e. The summed E-state index contributed by atoms with van der Waals surface area (Å²) in [5.41, 5.74) is 1.31. The number of nitrogens with zero attached hydrogens (tertiary/aromatic N) is 6. The fourth-order valence-electron chi connectivity index (χ4n) is 6.22. The van der Waals surface area contributed by atoms with Crippen LogP contribution in [0.25, 0.3) is 21.7 Å². The van der Waals surface area contributed by atoms with Crippen molar-refractivity contribution in [1.82, 2.24) is 35.5 Å². The number of alkyl carbamates (subject to hydrolysis) is 1. The van der Waals surface area contributed by atoms with Crippen LogP contribution >= 0.6 is 22.9 Å². The zero-order valence-corrected chi connectivity index (χ0v) is 32.2. The molecule has 6 rings (SSSR count). The summed E-state index contributed by atoms with van der Waals surface area (Å²) < 4.78 is 38.5. The molecule has 1 saturated heterocycles. The molecule has 2 fully saturated rings. The average Bonchev–Trinajstić information content (AvgIpc) is 3.43. The second-order valence-corrected chi connectivity index (χ2v) is 16.7. The third-order valence-corrected chi connectivity index (χ3v) is 9.64. The predicted octanol–water partition coefficient (Wildman–Crippen LogP) is 8.10. The maximum absolute atomic E-state index is 15.4. The minimum atomic E-state index is -2.80. The molecule has 17 heteroatoms. The van der Waals surface area contributed by atoms with Crippen molar-refractivity contribution in [3.63, 3.8) is 0 Å². The largest absolute Gasteiger partial charge is 0.447 e. The molecule has 54 heavy (non-hydrogen) atoms. The predicted molar refractivity (Wildman–Crippen MR) is 199 cm³/mol. The van der Waals surface area contributed by atoms with Crippen LogP contribution in [0.3, 0.4) is 0 Å². The lowest BCUT2D eigenvalue weighted by Gasteiger charge is -2.35. The van der Waals surface area contributed by atoms with E-state index in [2.05, 4.69) is 30.9 Å². The van der Waals surface area contributed by atoms with Crippen LogP contribution in [0.2, 0.25) is 5.02 Å². The second kappa shape index (κ2) is 15.1. The topological polar surface area (TPSA) is 153 Å². The Kier molecular flexibility index (Phi) is 10.8. The number of carbonyl (C=O) groups is 3. The number of benzene rings is 2. The molecule has 3 amide bonds. The van der Waals surface area contributed by atoms with Gasteiger partial charge in [-0.3, -0.25) is 9.69 Å². The lowest BCUT2D eigenvalue weighted by Crippen LogP contribution is -2.47. The van der Waals surface area contributed by atoms with Gasteiger partial charge in [-0.2, -0.15) is 13.9 Å². The summed E-state index contributed by atoms with van der Waals surface area (Å²) in [5, 5.41) is 18.9. The number of alkyl halides is 2. The quantitative estimate of drug-likeness (QED) is 0.163. The van der Waals surface area contributed by atoms with E-state index < -0.39 is 47.2 Å². The van der Waals surface area contributed by atoms with Crippen LogP contribution < -0.4 is 10.6 Å². The van der Waals surface area contributed by atoms with Gasteiger partial charge in [-0.1, -0.05) is 74.0 Å². The molecule has 286 valence electrons. The van der Waals surface area contributed by atoms with Gasteiger partial charge in [-0.15, -0.1) is 15.2 Å². The molecule has 1 aliphatic heterocycles. The van der Waals surface area contributed by atoms with E-state index in [-0.39, 0.29) is 25.0 Å². The van der Waals surface area contributed by atoms with Crippen LogP contribution in [0.4, 0.5) is 18.4 Å². The molecule has 0 bridgehead atoms. The second-order valence-electron chi connectivity index (χ2n) is 15.4. The SMILES string of the molecule is CC(C)(C)C[C@]1(c2ccc(-c3cnn(C(F)F)c3)cc2)N/C(=N\C(=O)OC(C)(C)C)N([C@H](COC(=O)NC2CC2)c2ccc(Cl)c(-c3nncs3)c2)C1=O. The van der Waals surface area contributed by atoms with Crippen molar-refractivity contribution in [1.29, 1.82) is 0 Å². The number of guanidine groups is 1. The van der Waals surface area contributed by atoms with Crippen LogP contribution in [-0.4, -0.2) is 67.2 Å². The summed E-state index contributed by atoms with van der Waals surface area (Å²) in [7, 11) is 0. The van der Waals surface area contributed by atoms with Gasteiger partial charge in [0.05, 0.1) is 17.3 Å². The van der Waals surface area contributed by atoms with Gasteiger partial charge < -0.3 is 20.1 Å². The summed E-state index contributed by atoms with van der Waals surface area (Å²) in [6, 6.07) is 11.0. The highest BCUT2D eigenvalue weighted by Crippen LogP contribution is 2.44. The van der Waals surface area contributed by atoms with Crippen LogP contribution in [-0.2, 0) is 19.8 Å². The van der Waals surface area contributed by atoms with Gasteiger partial charge >= 0.3 is 18.7 Å². The van der Waals surface area contributed by atoms with Crippen molar-refractivity contribution >= 4 is 47.0 Å². The number of amides is 3. The molecule has 0 radical (unpaired) electrons. The number of carbonyl (C=O) groups excluding carboxylic acids is 3. The third kappa shape index (κ3) is 8.87. The molecular formula is C37H41ClF2N8O5S. The van der Waals surface area contributed by atoms with Gasteiger partial charge in [0, 0.05) is 23.4 Å². The summed E-state index contributed by atoms with van der Waals surface area (Å²) in [6.45, 7) is 7.89. The number of aliphatic imine (C=N–C) groups is 1. The van der Waals surface area contributed by atoms with Crippen molar-refractivity contribution in [3.8, 4) is 21.7 Å². The first-order chi connectivity index (χ1) is 25.4. The van der Waals surface area contributed by atoms with E-state index in [0.717, 1.165) is 12.8 Å². The first-order valence-corrected chi connectivity index (χ1v) is 18.5. The fourth-order valence-corrected chi connectivity index (χ4v) is 7.06. The van der Waals surface area contributed by atoms with Gasteiger partial charge in [0.2, 0.25) is 5.96 Å². The zero-order chi connectivity index (χ0) is 39.0. The van der Waals surface area contributed by atoms with Crippen molar-refractivity contribution in [2.75, 3.05) is 6.61 Å². The molecule has 13 nitrogen and oxygen atoms in total. The lowest BCUT2D eigenvalue weighted by molar-refractivity contribution is -0.134. The highest BCUT2D eigenvalue weighted by molar-refractivity contribution is 7.12. The highest BCUT2D eigenvalue weighted by Gasteiger charge is 2.55. The molecule has 2 atom stereocenters. The number of halogens is 3.